The van der Waals surface area contributed by atoms with Gasteiger partial charge in [-0.25, -0.2) is 4.79 Å². The minimum absolute atomic E-state index is 0.228. The van der Waals surface area contributed by atoms with Gasteiger partial charge in [0.05, 0.1) is 49.2 Å². The van der Waals surface area contributed by atoms with Crippen LogP contribution < -0.4 is 0 Å². The molecular formula is C21H31N9O8. The first kappa shape index (κ1) is 32.4. The Bertz CT molecular complexity index is 998. The van der Waals surface area contributed by atoms with E-state index >= 15 is 0 Å². The molecule has 0 aliphatic rings. The molecule has 38 heavy (non-hydrogen) atoms. The average Bonchev–Trinajstić information content (AvgIpc) is 2.92. The van der Waals surface area contributed by atoms with E-state index in [0.29, 0.717) is 0 Å². The Balaban J connectivity index is 3.23. The van der Waals surface area contributed by atoms with Crippen LogP contribution in [0.1, 0.15) is 30.6 Å². The molecule has 1 rings (SSSR count). The Morgan fingerprint density at radius 3 is 2.00 bits per heavy atom. The summed E-state index contributed by atoms with van der Waals surface area (Å²) in [6.07, 6.45) is -6.70. The smallest absolute Gasteiger partial charge is 0.338 e. The van der Waals surface area contributed by atoms with Crippen molar-refractivity contribution in [2.75, 3.05) is 19.8 Å². The lowest BCUT2D eigenvalue weighted by Crippen LogP contribution is -2.45. The summed E-state index contributed by atoms with van der Waals surface area (Å²) >= 11 is 0. The molecule has 0 saturated heterocycles. The number of nitrogens with zero attached hydrogens (tertiary/aromatic N) is 9. The summed E-state index contributed by atoms with van der Waals surface area (Å²) < 4.78 is 16.7. The number of carbonyl (C=O) groups is 1. The molecule has 0 fully saturated rings. The van der Waals surface area contributed by atoms with Gasteiger partial charge in [0.1, 0.15) is 18.8 Å². The van der Waals surface area contributed by atoms with Crippen molar-refractivity contribution in [1.29, 1.82) is 0 Å². The van der Waals surface area contributed by atoms with Crippen LogP contribution >= 0.6 is 0 Å². The molecule has 17 nitrogen and oxygen atoms in total. The Kier molecular flexibility index (Phi) is 15.2. The first-order valence-corrected chi connectivity index (χ1v) is 11.5. The van der Waals surface area contributed by atoms with Gasteiger partial charge in [0.15, 0.2) is 6.29 Å². The van der Waals surface area contributed by atoms with E-state index in [9.17, 15) is 25.2 Å². The van der Waals surface area contributed by atoms with E-state index in [0.717, 1.165) is 0 Å². The van der Waals surface area contributed by atoms with Gasteiger partial charge in [-0.1, -0.05) is 33.5 Å². The Morgan fingerprint density at radius 2 is 1.47 bits per heavy atom. The van der Waals surface area contributed by atoms with Gasteiger partial charge in [0, 0.05) is 14.7 Å². The van der Waals surface area contributed by atoms with Crippen molar-refractivity contribution >= 4 is 5.97 Å². The van der Waals surface area contributed by atoms with Crippen LogP contribution in [0.3, 0.4) is 0 Å². The van der Waals surface area contributed by atoms with Crippen molar-refractivity contribution in [2.24, 2.45) is 15.3 Å². The topological polar surface area (TPSA) is 272 Å². The molecule has 0 amide bonds. The van der Waals surface area contributed by atoms with E-state index in [4.69, 9.17) is 30.8 Å². The predicted octanol–water partition coefficient (Wildman–Crippen LogP) is 2.11. The maximum absolute atomic E-state index is 12.4. The third-order valence-electron chi connectivity index (χ3n) is 5.34. The fourth-order valence-electron chi connectivity index (χ4n) is 3.16. The molecule has 0 aromatic heterocycles. The predicted molar refractivity (Wildman–Crippen MR) is 131 cm³/mol. The molecule has 0 aliphatic heterocycles. The third-order valence-corrected chi connectivity index (χ3v) is 5.34. The van der Waals surface area contributed by atoms with Gasteiger partial charge in [0.25, 0.3) is 0 Å². The fraction of sp³-hybridized carbons (Fsp3) is 0.667. The Hall–Kier alpha value is -3.62. The molecule has 0 saturated carbocycles. The van der Waals surface area contributed by atoms with Crippen molar-refractivity contribution in [3.05, 3.63) is 67.2 Å². The molecular weight excluding hydrogens is 506 g/mol. The molecule has 1 aromatic carbocycles. The summed E-state index contributed by atoms with van der Waals surface area (Å²) in [5.74, 6) is -0.730. The number of benzene rings is 1. The number of aliphatic hydroxyl groups is 4. The van der Waals surface area contributed by atoms with Gasteiger partial charge in [-0.15, -0.1) is 0 Å². The molecule has 0 radical (unpaired) electrons. The molecule has 0 bridgehead atoms. The van der Waals surface area contributed by atoms with Crippen LogP contribution in [-0.2, 0) is 14.2 Å². The van der Waals surface area contributed by atoms with Crippen LogP contribution in [0.5, 0.6) is 0 Å². The highest BCUT2D eigenvalue weighted by Gasteiger charge is 2.33. The largest absolute Gasteiger partial charge is 0.461 e. The first-order chi connectivity index (χ1) is 18.2. The van der Waals surface area contributed by atoms with Gasteiger partial charge in [-0.3, -0.25) is 0 Å². The Morgan fingerprint density at radius 1 is 0.895 bits per heavy atom. The fourth-order valence-corrected chi connectivity index (χ4v) is 3.16. The zero-order chi connectivity index (χ0) is 28.5. The second-order valence-electron chi connectivity index (χ2n) is 8.07. The van der Waals surface area contributed by atoms with Crippen LogP contribution in [0, 0.1) is 0 Å². The molecule has 0 spiro atoms. The van der Waals surface area contributed by atoms with Crippen molar-refractivity contribution in [1.82, 2.24) is 0 Å². The van der Waals surface area contributed by atoms with Gasteiger partial charge >= 0.3 is 5.97 Å². The summed E-state index contributed by atoms with van der Waals surface area (Å²) in [6, 6.07) is 4.37. The zero-order valence-corrected chi connectivity index (χ0v) is 20.8. The van der Waals surface area contributed by atoms with Gasteiger partial charge in [0.2, 0.25) is 0 Å². The standard InChI is InChI=1S/C21H31N9O8/c1-12(33)19(10-32)38-21(17(27-30-24)11-36-20(35)14-6-4-3-5-7-14)37-13(2)15(25-28-22)8-16(26-29-23)18(34)9-31/h3-7,12-13,15-19,21,31-34H,8-11H2,1-2H3/t12-,13-,15?,16+,17-,18-,19?,21-/m0/s1. The van der Waals surface area contributed by atoms with Crippen LogP contribution in [0.25, 0.3) is 31.3 Å². The quantitative estimate of drug-likeness (QED) is 0.0705. The van der Waals surface area contributed by atoms with Crippen LogP contribution in [-0.4, -0.2) is 95.0 Å². The van der Waals surface area contributed by atoms with Crippen molar-refractivity contribution in [3.63, 3.8) is 0 Å². The van der Waals surface area contributed by atoms with Crippen LogP contribution in [0.15, 0.2) is 45.7 Å². The molecule has 8 atom stereocenters. The monoisotopic (exact) mass is 537 g/mol. The summed E-state index contributed by atoms with van der Waals surface area (Å²) in [6.45, 7) is 0.868. The normalized spacial score (nSPS) is 17.1. The summed E-state index contributed by atoms with van der Waals surface area (Å²) in [5.41, 5.74) is 27.1. The lowest BCUT2D eigenvalue weighted by Gasteiger charge is -2.33. The second kappa shape index (κ2) is 17.8. The highest BCUT2D eigenvalue weighted by molar-refractivity contribution is 5.89. The number of ether oxygens (including phenoxy) is 3. The first-order valence-electron chi connectivity index (χ1n) is 11.5. The number of carbonyl (C=O) groups excluding carboxylic acids is 1. The maximum Gasteiger partial charge on any atom is 0.338 e. The minimum Gasteiger partial charge on any atom is -0.461 e. The minimum atomic E-state index is -1.53. The average molecular weight is 538 g/mol. The molecule has 17 heteroatoms. The van der Waals surface area contributed by atoms with Gasteiger partial charge in [-0.05, 0) is 49.0 Å². The molecule has 208 valence electrons. The van der Waals surface area contributed by atoms with E-state index in [1.54, 1.807) is 18.2 Å². The van der Waals surface area contributed by atoms with Gasteiger partial charge in [-0.2, -0.15) is 0 Å². The van der Waals surface area contributed by atoms with E-state index in [1.807, 2.05) is 0 Å². The molecule has 0 aliphatic carbocycles. The highest BCUT2D eigenvalue weighted by Crippen LogP contribution is 2.21. The van der Waals surface area contributed by atoms with Crippen LogP contribution in [0.4, 0.5) is 0 Å². The summed E-state index contributed by atoms with van der Waals surface area (Å²) in [7, 11) is 0. The summed E-state index contributed by atoms with van der Waals surface area (Å²) in [4.78, 5) is 20.5. The van der Waals surface area contributed by atoms with Crippen molar-refractivity contribution in [2.45, 2.75) is 69.1 Å². The molecule has 1 aromatic rings. The lowest BCUT2D eigenvalue weighted by atomic mass is 10.00. The number of hydrogen-bond donors (Lipinski definition) is 4. The van der Waals surface area contributed by atoms with Crippen molar-refractivity contribution in [3.8, 4) is 0 Å². The zero-order valence-electron chi connectivity index (χ0n) is 20.8. The van der Waals surface area contributed by atoms with E-state index < -0.39 is 74.6 Å². The number of aliphatic hydroxyl groups excluding tert-OH is 4. The highest BCUT2D eigenvalue weighted by atomic mass is 16.7. The number of rotatable bonds is 18. The Labute approximate surface area is 217 Å². The molecule has 2 unspecified atom stereocenters. The van der Waals surface area contributed by atoms with E-state index in [2.05, 4.69) is 30.1 Å². The van der Waals surface area contributed by atoms with Crippen molar-refractivity contribution < 1.29 is 39.4 Å². The second-order valence-corrected chi connectivity index (χ2v) is 8.07. The van der Waals surface area contributed by atoms with E-state index in [-0.39, 0.29) is 12.0 Å². The molecule has 0 heterocycles. The van der Waals surface area contributed by atoms with E-state index in [1.165, 1.54) is 26.0 Å². The summed E-state index contributed by atoms with van der Waals surface area (Å²) in [5, 5.41) is 49.3. The number of esters is 1. The SMILES string of the molecule is C[C@H](O)C(CO)O[C@H](O[C@@H](C)C(C[C@@H](N=[N+]=[N-])[C@@H](O)CO)N=[N+]=[N-])[C@H](COC(=O)c1ccccc1)N=[N+]=[N-]. The lowest BCUT2D eigenvalue weighted by molar-refractivity contribution is -0.228. The maximum atomic E-state index is 12.4. The number of hydrogen-bond acceptors (Lipinski definition) is 11. The molecule has 4 N–H and O–H groups in total. The van der Waals surface area contributed by atoms with Gasteiger partial charge < -0.3 is 34.6 Å². The number of azide groups is 3. The third kappa shape index (κ3) is 10.8. The van der Waals surface area contributed by atoms with Crippen LogP contribution in [0.2, 0.25) is 0 Å².